The number of carbonyl (C=O) groups is 1. The van der Waals surface area contributed by atoms with E-state index in [4.69, 9.17) is 4.42 Å². The summed E-state index contributed by atoms with van der Waals surface area (Å²) in [4.78, 5) is 21.5. The third-order valence-electron chi connectivity index (χ3n) is 5.18. The van der Waals surface area contributed by atoms with E-state index in [1.54, 1.807) is 0 Å². The van der Waals surface area contributed by atoms with Gasteiger partial charge in [0, 0.05) is 44.3 Å². The van der Waals surface area contributed by atoms with E-state index in [0.29, 0.717) is 18.8 Å². The van der Waals surface area contributed by atoms with Gasteiger partial charge < -0.3 is 13.7 Å². The maximum atomic E-state index is 12.8. The quantitative estimate of drug-likeness (QED) is 0.564. The molecule has 6 nitrogen and oxygen atoms in total. The van der Waals surface area contributed by atoms with Crippen LogP contribution >= 0.6 is 0 Å². The fraction of sp³-hybridized carbons (Fsp3) is 0.238. The lowest BCUT2D eigenvalue weighted by molar-refractivity contribution is 0.0598. The van der Waals surface area contributed by atoms with Crippen LogP contribution in [0.1, 0.15) is 16.2 Å². The third-order valence-corrected chi connectivity index (χ3v) is 5.18. The average molecular weight is 360 g/mol. The van der Waals surface area contributed by atoms with Crippen molar-refractivity contribution in [3.05, 3.63) is 72.4 Å². The van der Waals surface area contributed by atoms with Gasteiger partial charge in [0.25, 0.3) is 5.91 Å². The molecule has 0 atom stereocenters. The van der Waals surface area contributed by atoms with Crippen LogP contribution in [-0.2, 0) is 6.54 Å². The van der Waals surface area contributed by atoms with Crippen molar-refractivity contribution in [3.63, 3.8) is 0 Å². The zero-order valence-corrected chi connectivity index (χ0v) is 14.9. The summed E-state index contributed by atoms with van der Waals surface area (Å²) in [7, 11) is 0. The zero-order valence-electron chi connectivity index (χ0n) is 14.9. The molecule has 1 amide bonds. The summed E-state index contributed by atoms with van der Waals surface area (Å²) >= 11 is 0. The molecule has 5 rings (SSSR count). The van der Waals surface area contributed by atoms with Crippen LogP contribution in [0.4, 0.5) is 0 Å². The highest BCUT2D eigenvalue weighted by Gasteiger charge is 2.25. The van der Waals surface area contributed by atoms with Crippen LogP contribution in [0.2, 0.25) is 0 Å². The summed E-state index contributed by atoms with van der Waals surface area (Å²) < 4.78 is 7.84. The van der Waals surface area contributed by atoms with Gasteiger partial charge in [-0.2, -0.15) is 0 Å². The highest BCUT2D eigenvalue weighted by molar-refractivity contribution is 5.96. The lowest BCUT2D eigenvalue weighted by atomic mass is 10.2. The summed E-state index contributed by atoms with van der Waals surface area (Å²) in [5, 5.41) is 0.965. The molecule has 0 saturated carbocycles. The van der Waals surface area contributed by atoms with Crippen molar-refractivity contribution in [2.24, 2.45) is 0 Å². The topological polar surface area (TPSA) is 54.0 Å². The molecule has 0 bridgehead atoms. The van der Waals surface area contributed by atoms with Crippen molar-refractivity contribution in [2.45, 2.75) is 6.54 Å². The number of aromatic nitrogens is 2. The first kappa shape index (κ1) is 16.1. The van der Waals surface area contributed by atoms with Gasteiger partial charge in [-0.25, -0.2) is 4.98 Å². The number of piperazine rings is 1. The van der Waals surface area contributed by atoms with E-state index in [0.717, 1.165) is 36.3 Å². The number of carbonyl (C=O) groups excluding carboxylic acids is 1. The second-order valence-corrected chi connectivity index (χ2v) is 6.90. The lowest BCUT2D eigenvalue weighted by Gasteiger charge is -2.34. The fourth-order valence-corrected chi connectivity index (χ4v) is 3.68. The summed E-state index contributed by atoms with van der Waals surface area (Å²) in [5.41, 5.74) is 2.89. The summed E-state index contributed by atoms with van der Waals surface area (Å²) in [6.07, 6.45) is 3.97. The minimum atomic E-state index is -0.0272. The molecule has 6 heteroatoms. The van der Waals surface area contributed by atoms with E-state index in [-0.39, 0.29) is 5.91 Å². The predicted octanol–water partition coefficient (Wildman–Crippen LogP) is 3.04. The SMILES string of the molecule is O=C(c1cc2ccccc2o1)N1CCN(Cc2cnc3ccccn23)CC1. The Morgan fingerprint density at radius 2 is 1.85 bits per heavy atom. The number of hydrogen-bond acceptors (Lipinski definition) is 4. The van der Waals surface area contributed by atoms with Gasteiger partial charge in [-0.05, 0) is 24.3 Å². The summed E-state index contributed by atoms with van der Waals surface area (Å²) in [6, 6.07) is 15.6. The minimum absolute atomic E-state index is 0.0272. The Morgan fingerprint density at radius 3 is 2.70 bits per heavy atom. The Balaban J connectivity index is 1.25. The van der Waals surface area contributed by atoms with Crippen molar-refractivity contribution >= 4 is 22.5 Å². The molecular weight excluding hydrogens is 340 g/mol. The van der Waals surface area contributed by atoms with Crippen molar-refractivity contribution in [1.29, 1.82) is 0 Å². The van der Waals surface area contributed by atoms with Crippen LogP contribution < -0.4 is 0 Å². The van der Waals surface area contributed by atoms with Gasteiger partial charge in [-0.3, -0.25) is 9.69 Å². The Kier molecular flexibility index (Phi) is 3.90. The molecule has 0 N–H and O–H groups in total. The monoisotopic (exact) mass is 360 g/mol. The van der Waals surface area contributed by atoms with E-state index in [1.165, 1.54) is 5.69 Å². The standard InChI is InChI=1S/C21H20N4O2/c26-21(19-13-16-5-1-2-6-18(16)27-19)24-11-9-23(10-12-24)15-17-14-22-20-7-3-4-8-25(17)20/h1-8,13-14H,9-12,15H2. The molecule has 0 aliphatic carbocycles. The number of benzene rings is 1. The largest absolute Gasteiger partial charge is 0.451 e. The smallest absolute Gasteiger partial charge is 0.289 e. The Morgan fingerprint density at radius 1 is 1.04 bits per heavy atom. The highest BCUT2D eigenvalue weighted by Crippen LogP contribution is 2.21. The number of furan rings is 1. The van der Waals surface area contributed by atoms with Crippen molar-refractivity contribution < 1.29 is 9.21 Å². The van der Waals surface area contributed by atoms with E-state index in [9.17, 15) is 4.79 Å². The second-order valence-electron chi connectivity index (χ2n) is 6.90. The molecule has 3 aromatic heterocycles. The molecule has 1 fully saturated rings. The van der Waals surface area contributed by atoms with Gasteiger partial charge >= 0.3 is 0 Å². The summed E-state index contributed by atoms with van der Waals surface area (Å²) in [5.74, 6) is 0.395. The van der Waals surface area contributed by atoms with Crippen LogP contribution in [-0.4, -0.2) is 51.3 Å². The maximum absolute atomic E-state index is 12.8. The molecule has 1 aliphatic rings. The molecule has 4 heterocycles. The highest BCUT2D eigenvalue weighted by atomic mass is 16.3. The van der Waals surface area contributed by atoms with E-state index >= 15 is 0 Å². The first-order chi connectivity index (χ1) is 13.3. The number of pyridine rings is 1. The number of hydrogen-bond donors (Lipinski definition) is 0. The molecule has 136 valence electrons. The van der Waals surface area contributed by atoms with Crippen LogP contribution in [0.25, 0.3) is 16.6 Å². The van der Waals surface area contributed by atoms with Gasteiger partial charge in [0.15, 0.2) is 5.76 Å². The molecule has 0 radical (unpaired) electrons. The number of amides is 1. The predicted molar refractivity (Wildman–Crippen MR) is 103 cm³/mol. The van der Waals surface area contributed by atoms with Crippen LogP contribution in [0.5, 0.6) is 0 Å². The van der Waals surface area contributed by atoms with Gasteiger partial charge in [-0.15, -0.1) is 0 Å². The van der Waals surface area contributed by atoms with Gasteiger partial charge in [0.05, 0.1) is 11.9 Å². The third kappa shape index (κ3) is 2.98. The van der Waals surface area contributed by atoms with Crippen LogP contribution in [0, 0.1) is 0 Å². The van der Waals surface area contributed by atoms with E-state index < -0.39 is 0 Å². The molecule has 1 aliphatic heterocycles. The first-order valence-corrected chi connectivity index (χ1v) is 9.19. The zero-order chi connectivity index (χ0) is 18.2. The maximum Gasteiger partial charge on any atom is 0.289 e. The number of nitrogens with zero attached hydrogens (tertiary/aromatic N) is 4. The Hall–Kier alpha value is -3.12. The molecular formula is C21H20N4O2. The van der Waals surface area contributed by atoms with Crippen molar-refractivity contribution in [2.75, 3.05) is 26.2 Å². The van der Waals surface area contributed by atoms with Crippen LogP contribution in [0.15, 0.2) is 65.3 Å². The van der Waals surface area contributed by atoms with Gasteiger partial charge in [0.1, 0.15) is 11.2 Å². The number of imidazole rings is 1. The molecule has 1 saturated heterocycles. The average Bonchev–Trinajstić information content (AvgIpc) is 3.32. The van der Waals surface area contributed by atoms with Crippen molar-refractivity contribution in [1.82, 2.24) is 19.2 Å². The van der Waals surface area contributed by atoms with Gasteiger partial charge in [0.2, 0.25) is 0 Å². The molecule has 4 aromatic rings. The second kappa shape index (κ2) is 6.55. The van der Waals surface area contributed by atoms with Crippen molar-refractivity contribution in [3.8, 4) is 0 Å². The minimum Gasteiger partial charge on any atom is -0.451 e. The molecule has 27 heavy (non-hydrogen) atoms. The fourth-order valence-electron chi connectivity index (χ4n) is 3.68. The number of fused-ring (bicyclic) bond motifs is 2. The lowest BCUT2D eigenvalue weighted by Crippen LogP contribution is -2.48. The van der Waals surface area contributed by atoms with Gasteiger partial charge in [-0.1, -0.05) is 24.3 Å². The first-order valence-electron chi connectivity index (χ1n) is 9.19. The van der Waals surface area contributed by atoms with E-state index in [2.05, 4.69) is 14.3 Å². The molecule has 1 aromatic carbocycles. The van der Waals surface area contributed by atoms with E-state index in [1.807, 2.05) is 65.8 Å². The Bertz CT molecular complexity index is 1070. The number of rotatable bonds is 3. The molecule has 0 spiro atoms. The molecule has 0 unspecified atom stereocenters. The Labute approximate surface area is 156 Å². The number of para-hydroxylation sites is 1. The normalized spacial score (nSPS) is 15.6. The summed E-state index contributed by atoms with van der Waals surface area (Å²) in [6.45, 7) is 3.91. The van der Waals surface area contributed by atoms with Crippen LogP contribution in [0.3, 0.4) is 0 Å².